The molecule has 8 heteroatoms. The predicted octanol–water partition coefficient (Wildman–Crippen LogP) is 4.91. The Morgan fingerprint density at radius 1 is 1.22 bits per heavy atom. The van der Waals surface area contributed by atoms with Gasteiger partial charge >= 0.3 is 0 Å². The first kappa shape index (κ1) is 22.6. The monoisotopic (exact) mass is 475 g/mol. The molecule has 2 heterocycles. The minimum Gasteiger partial charge on any atom is -0.507 e. The summed E-state index contributed by atoms with van der Waals surface area (Å²) in [6.07, 6.45) is 1.57. The highest BCUT2D eigenvalue weighted by Crippen LogP contribution is 2.43. The van der Waals surface area contributed by atoms with Crippen LogP contribution < -0.4 is 4.74 Å². The third kappa shape index (κ3) is 3.98. The molecular weight excluding hydrogens is 453 g/mol. The van der Waals surface area contributed by atoms with Crippen molar-refractivity contribution >= 4 is 40.7 Å². The summed E-state index contributed by atoms with van der Waals surface area (Å²) < 4.78 is 10.9. The molecule has 4 rings (SSSR count). The molecule has 0 aliphatic carbocycles. The maximum absolute atomic E-state index is 13.2. The van der Waals surface area contributed by atoms with Crippen LogP contribution in [0.15, 0.2) is 42.0 Å². The fourth-order valence-corrected chi connectivity index (χ4v) is 4.98. The zero-order valence-electron chi connectivity index (χ0n) is 17.7. The summed E-state index contributed by atoms with van der Waals surface area (Å²) in [5.74, 6) is -1.49. The zero-order chi connectivity index (χ0) is 23.0. The zero-order valence-corrected chi connectivity index (χ0v) is 19.2. The average Bonchev–Trinajstić information content (AvgIpc) is 3.36. The number of likely N-dealkylation sites (tertiary alicyclic amines) is 1. The van der Waals surface area contributed by atoms with Gasteiger partial charge in [0.15, 0.2) is 5.75 Å². The van der Waals surface area contributed by atoms with Gasteiger partial charge in [-0.3, -0.25) is 9.59 Å². The molecule has 2 unspecified atom stereocenters. The topological polar surface area (TPSA) is 76.1 Å². The number of hydrogen-bond donors (Lipinski definition) is 1. The van der Waals surface area contributed by atoms with Crippen LogP contribution in [-0.2, 0) is 14.3 Å². The second-order valence-electron chi connectivity index (χ2n) is 7.92. The maximum Gasteiger partial charge on any atom is 0.295 e. The second-order valence-corrected chi connectivity index (χ2v) is 8.73. The van der Waals surface area contributed by atoms with Crippen LogP contribution in [0, 0.1) is 6.92 Å². The first-order chi connectivity index (χ1) is 15.3. The van der Waals surface area contributed by atoms with Gasteiger partial charge in [-0.25, -0.2) is 0 Å². The van der Waals surface area contributed by atoms with Gasteiger partial charge in [-0.1, -0.05) is 47.5 Å². The Hall–Kier alpha value is -2.54. The number of carbonyl (C=O) groups is 2. The Bertz CT molecular complexity index is 1080. The quantitative estimate of drug-likeness (QED) is 0.377. The normalized spacial score (nSPS) is 22.6. The lowest BCUT2D eigenvalue weighted by Gasteiger charge is -2.28. The molecule has 2 aromatic rings. The molecule has 2 aromatic carbocycles. The van der Waals surface area contributed by atoms with E-state index in [1.807, 2.05) is 31.2 Å². The summed E-state index contributed by atoms with van der Waals surface area (Å²) >= 11 is 12.5. The molecule has 2 aliphatic heterocycles. The Labute approximate surface area is 196 Å². The summed E-state index contributed by atoms with van der Waals surface area (Å²) in [5.41, 5.74) is 1.89. The summed E-state index contributed by atoms with van der Waals surface area (Å²) in [7, 11) is 1.43. The molecule has 0 radical (unpaired) electrons. The molecule has 2 fully saturated rings. The molecule has 6 nitrogen and oxygen atoms in total. The van der Waals surface area contributed by atoms with Crippen LogP contribution in [0.1, 0.15) is 35.6 Å². The molecule has 2 atom stereocenters. The lowest BCUT2D eigenvalue weighted by Crippen LogP contribution is -2.36. The van der Waals surface area contributed by atoms with Crippen LogP contribution in [0.25, 0.3) is 5.76 Å². The first-order valence-electron chi connectivity index (χ1n) is 10.3. The summed E-state index contributed by atoms with van der Waals surface area (Å²) in [6.45, 7) is 2.81. The van der Waals surface area contributed by atoms with Crippen LogP contribution in [-0.4, -0.2) is 48.1 Å². The van der Waals surface area contributed by atoms with E-state index in [-0.39, 0.29) is 45.3 Å². The number of aliphatic hydroxyl groups excluding tert-OH is 1. The van der Waals surface area contributed by atoms with Gasteiger partial charge in [0.2, 0.25) is 0 Å². The highest BCUT2D eigenvalue weighted by molar-refractivity contribution is 6.46. The standard InChI is InChI=1S/C24H23Cl2NO5/c1-13-6-3-4-8-16(13)20-19(21(28)14-10-17(25)23(31-2)18(26)11-14)22(29)24(30)27(20)12-15-7-5-9-32-15/h3-4,6,8,10-11,15,20,28H,5,7,9,12H2,1-2H3/b21-19+. The molecular formula is C24H23Cl2NO5. The van der Waals surface area contributed by atoms with Crippen LogP contribution in [0.4, 0.5) is 0 Å². The van der Waals surface area contributed by atoms with Gasteiger partial charge in [-0.2, -0.15) is 0 Å². The van der Waals surface area contributed by atoms with Crippen molar-refractivity contribution in [3.05, 3.63) is 68.7 Å². The molecule has 2 saturated heterocycles. The number of nitrogens with zero attached hydrogens (tertiary/aromatic N) is 1. The molecule has 0 bridgehead atoms. The van der Waals surface area contributed by atoms with E-state index in [1.165, 1.54) is 24.1 Å². The number of hydrogen-bond acceptors (Lipinski definition) is 5. The number of halogens is 2. The van der Waals surface area contributed by atoms with Crippen molar-refractivity contribution in [2.24, 2.45) is 0 Å². The lowest BCUT2D eigenvalue weighted by atomic mass is 9.92. The van der Waals surface area contributed by atoms with Crippen molar-refractivity contribution in [2.75, 3.05) is 20.3 Å². The number of benzene rings is 2. The van der Waals surface area contributed by atoms with Crippen molar-refractivity contribution in [1.29, 1.82) is 0 Å². The molecule has 168 valence electrons. The van der Waals surface area contributed by atoms with Crippen LogP contribution >= 0.6 is 23.2 Å². The van der Waals surface area contributed by atoms with Gasteiger partial charge in [0.1, 0.15) is 5.76 Å². The van der Waals surface area contributed by atoms with Crippen molar-refractivity contribution in [1.82, 2.24) is 4.90 Å². The fourth-order valence-electron chi connectivity index (χ4n) is 4.34. The van der Waals surface area contributed by atoms with Crippen molar-refractivity contribution in [2.45, 2.75) is 31.9 Å². The van der Waals surface area contributed by atoms with Gasteiger partial charge in [0, 0.05) is 18.7 Å². The van der Waals surface area contributed by atoms with Gasteiger partial charge in [0.25, 0.3) is 11.7 Å². The molecule has 0 saturated carbocycles. The van der Waals surface area contributed by atoms with E-state index in [9.17, 15) is 14.7 Å². The number of ketones is 1. The van der Waals surface area contributed by atoms with Gasteiger partial charge in [-0.05, 0) is 43.0 Å². The van der Waals surface area contributed by atoms with Gasteiger partial charge < -0.3 is 19.5 Å². The maximum atomic E-state index is 13.2. The number of rotatable bonds is 5. The SMILES string of the molecule is COc1c(Cl)cc(/C(O)=C2\C(=O)C(=O)N(CC3CCCO3)C2c2ccccc2C)cc1Cl. The Morgan fingerprint density at radius 2 is 1.91 bits per heavy atom. The third-order valence-corrected chi connectivity index (χ3v) is 6.48. The molecule has 0 aromatic heterocycles. The fraction of sp³-hybridized carbons (Fsp3) is 0.333. The predicted molar refractivity (Wildman–Crippen MR) is 122 cm³/mol. The van der Waals surface area contributed by atoms with Crippen LogP contribution in [0.2, 0.25) is 10.0 Å². The number of amides is 1. The average molecular weight is 476 g/mol. The Morgan fingerprint density at radius 3 is 2.50 bits per heavy atom. The summed E-state index contributed by atoms with van der Waals surface area (Å²) in [5, 5.41) is 11.6. The van der Waals surface area contributed by atoms with E-state index in [2.05, 4.69) is 0 Å². The van der Waals surface area contributed by atoms with Gasteiger partial charge in [0.05, 0.1) is 34.9 Å². The second kappa shape index (κ2) is 9.14. The molecule has 32 heavy (non-hydrogen) atoms. The number of methoxy groups -OCH3 is 1. The molecule has 0 spiro atoms. The summed E-state index contributed by atoms with van der Waals surface area (Å²) in [6, 6.07) is 9.66. The van der Waals surface area contributed by atoms with E-state index in [0.29, 0.717) is 6.61 Å². The first-order valence-corrected chi connectivity index (χ1v) is 11.1. The van der Waals surface area contributed by atoms with Crippen LogP contribution in [0.3, 0.4) is 0 Å². The van der Waals surface area contributed by atoms with Crippen molar-refractivity contribution in [3.63, 3.8) is 0 Å². The number of carbonyl (C=O) groups excluding carboxylic acids is 2. The lowest BCUT2D eigenvalue weighted by molar-refractivity contribution is -0.140. The minimum absolute atomic E-state index is 0.000373. The molecule has 1 N–H and O–H groups in total. The smallest absolute Gasteiger partial charge is 0.295 e. The Kier molecular flexibility index (Phi) is 6.47. The van der Waals surface area contributed by atoms with Crippen molar-refractivity contribution < 1.29 is 24.2 Å². The number of ether oxygens (including phenoxy) is 2. The van der Waals surface area contributed by atoms with E-state index >= 15 is 0 Å². The van der Waals surface area contributed by atoms with Crippen molar-refractivity contribution in [3.8, 4) is 5.75 Å². The highest BCUT2D eigenvalue weighted by atomic mass is 35.5. The number of aliphatic hydroxyl groups is 1. The largest absolute Gasteiger partial charge is 0.507 e. The number of Topliss-reactive ketones (excluding diaryl/α,β-unsaturated/α-hetero) is 1. The van der Waals surface area contributed by atoms with E-state index in [1.54, 1.807) is 0 Å². The highest BCUT2D eigenvalue weighted by Gasteiger charge is 2.47. The number of aryl methyl sites for hydroxylation is 1. The van der Waals surface area contributed by atoms with E-state index in [0.717, 1.165) is 24.0 Å². The molecule has 2 aliphatic rings. The third-order valence-electron chi connectivity index (χ3n) is 5.92. The summed E-state index contributed by atoms with van der Waals surface area (Å²) in [4.78, 5) is 27.7. The van der Waals surface area contributed by atoms with Crippen LogP contribution in [0.5, 0.6) is 5.75 Å². The van der Waals surface area contributed by atoms with E-state index in [4.69, 9.17) is 32.7 Å². The Balaban J connectivity index is 1.87. The van der Waals surface area contributed by atoms with E-state index < -0.39 is 17.7 Å². The minimum atomic E-state index is -0.753. The molecule has 1 amide bonds. The van der Waals surface area contributed by atoms with Gasteiger partial charge in [-0.15, -0.1) is 0 Å².